The second-order valence-corrected chi connectivity index (χ2v) is 28.4. The van der Waals surface area contributed by atoms with E-state index in [2.05, 4.69) is 31.9 Å². The molecule has 7 heterocycles. The normalized spacial score (nSPS) is 28.1. The lowest BCUT2D eigenvalue weighted by atomic mass is 9.86. The summed E-state index contributed by atoms with van der Waals surface area (Å²) in [6, 6.07) is -2.07. The molecular weight excluding hydrogens is 1480 g/mol. The third-order valence-corrected chi connectivity index (χ3v) is 19.9. The van der Waals surface area contributed by atoms with E-state index in [0.717, 1.165) is 90.9 Å². The van der Waals surface area contributed by atoms with Crippen LogP contribution in [-0.4, -0.2) is 198 Å². The van der Waals surface area contributed by atoms with Gasteiger partial charge in [0.15, 0.2) is 35.7 Å². The maximum Gasteiger partial charge on any atom is 0.330 e. The van der Waals surface area contributed by atoms with Crippen molar-refractivity contribution in [3.63, 3.8) is 0 Å². The van der Waals surface area contributed by atoms with Crippen LogP contribution in [0.3, 0.4) is 0 Å². The van der Waals surface area contributed by atoms with E-state index < -0.39 is 264 Å². The molecule has 0 spiro atoms. The lowest BCUT2D eigenvalue weighted by Crippen LogP contribution is -2.64. The summed E-state index contributed by atoms with van der Waals surface area (Å²) in [6.07, 6.45) is -19.4. The summed E-state index contributed by atoms with van der Waals surface area (Å²) in [5.74, 6) is -17.6. The Morgan fingerprint density at radius 3 is 1.90 bits per heavy atom. The predicted octanol–water partition coefficient (Wildman–Crippen LogP) is -0.372. The predicted molar refractivity (Wildman–Crippen MR) is 377 cm³/mol. The summed E-state index contributed by atoms with van der Waals surface area (Å²) >= 11 is 14.2. The maximum absolute atomic E-state index is 16.1. The van der Waals surface area contributed by atoms with E-state index in [-0.39, 0.29) is 41.3 Å². The number of hydrogen-bond donors (Lipinski definition) is 18. The zero-order valence-electron chi connectivity index (χ0n) is 58.5. The molecule has 2 fully saturated rings. The molecule has 6 aromatic carbocycles. The van der Waals surface area contributed by atoms with Gasteiger partial charge in [-0.25, -0.2) is 4.79 Å². The Labute approximate surface area is 627 Å². The molecule has 2 saturated heterocycles. The smallest absolute Gasteiger partial charge is 0.330 e. The number of anilines is 1. The number of fused-ring (bicyclic) bond motifs is 15. The molecule has 6 aromatic rings. The molecule has 7 aliphatic heterocycles. The number of likely N-dealkylation sites (N-methyl/N-ethyl adjacent to an activating group) is 1. The Balaban J connectivity index is 1.15. The van der Waals surface area contributed by atoms with Crippen LogP contribution in [0.5, 0.6) is 51.7 Å². The Morgan fingerprint density at radius 2 is 1.31 bits per heavy atom. The molecule has 0 unspecified atom stereocenters. The summed E-state index contributed by atoms with van der Waals surface area (Å²) in [5, 5.41) is 128. The molecule has 11 bridgehead atoms. The number of hydrogen-bond acceptors (Lipinski definition) is 28. The number of aromatic hydroxyl groups is 3. The van der Waals surface area contributed by atoms with Crippen molar-refractivity contribution < 1.29 is 123 Å². The Morgan fingerprint density at radius 1 is 0.706 bits per heavy atom. The number of carbonyl (C=O) groups excluding carboxylic acids is 7. The molecule has 18 atom stereocenters. The van der Waals surface area contributed by atoms with Gasteiger partial charge < -0.3 is 132 Å². The van der Waals surface area contributed by atoms with Crippen LogP contribution >= 0.6 is 23.2 Å². The average Bonchev–Trinajstić information content (AvgIpc) is 0.796. The minimum atomic E-state index is -2.42. The molecule has 36 nitrogen and oxygen atoms in total. The minimum absolute atomic E-state index is 0.0940. The summed E-state index contributed by atoms with van der Waals surface area (Å²) in [6.45, 7) is 5.37. The molecule has 0 aliphatic carbocycles. The Bertz CT molecular complexity index is 4690. The molecule has 7 amide bonds. The van der Waals surface area contributed by atoms with Gasteiger partial charge in [0.25, 0.3) is 10.9 Å². The molecular formula is C71H77Cl2N9O27. The van der Waals surface area contributed by atoms with Crippen molar-refractivity contribution in [3.05, 3.63) is 137 Å². The number of phenolic OH excluding ortho intramolecular Hbond substituents is 3. The molecule has 7 aliphatic rings. The van der Waals surface area contributed by atoms with Gasteiger partial charge in [-0.3, -0.25) is 43.2 Å². The number of methoxy groups -OCH3 is 1. The molecule has 13 rings (SSSR count). The van der Waals surface area contributed by atoms with Crippen molar-refractivity contribution in [1.82, 2.24) is 31.9 Å². The van der Waals surface area contributed by atoms with Crippen LogP contribution in [0.15, 0.2) is 88.5 Å². The van der Waals surface area contributed by atoms with Crippen LogP contribution in [0.4, 0.5) is 5.69 Å². The van der Waals surface area contributed by atoms with Gasteiger partial charge in [-0.1, -0.05) is 55.2 Å². The molecule has 38 heteroatoms. The number of carboxylic acids is 1. The van der Waals surface area contributed by atoms with Crippen molar-refractivity contribution in [1.29, 1.82) is 0 Å². The summed E-state index contributed by atoms with van der Waals surface area (Å²) in [4.78, 5) is 145. The number of benzene rings is 5. The molecule has 109 heavy (non-hydrogen) atoms. The van der Waals surface area contributed by atoms with Crippen LogP contribution < -0.4 is 78.1 Å². The van der Waals surface area contributed by atoms with Crippen LogP contribution in [0, 0.1) is 5.92 Å². The van der Waals surface area contributed by atoms with Gasteiger partial charge in [0.2, 0.25) is 53.4 Å². The van der Waals surface area contributed by atoms with Gasteiger partial charge in [-0.15, -0.1) is 0 Å². The highest BCUT2D eigenvalue weighted by Crippen LogP contribution is 2.50. The number of carbonyl (C=O) groups is 8. The zero-order valence-corrected chi connectivity index (χ0v) is 60.0. The standard InChI is InChI=1S/C71H77Cl2N9O27/c1-24(2)13-36(82(5)52-56(91)58(93)60(52)103-6)64(96)80-50-53(88)27-8-11-39(33(72)15-27)105-41-17-29-18-42(59(41)109-70-61(57(92)55(90)43(23-83)107-70)108-45-22-71(4,75)62(94)25(3)104-45)106-40-12-9-28(16-34(40)73)54(89)51-68(100)79-49(69(101)102)32-19-30(84)20-38(86)46(32)31-14-26(7-10-37(31)85)47(65(97)81-51)78-66(98)48(29)77-63(95)35(21-44(74)87)76-67(50)99/h7-12,14-20,24-25,35-36,43,45,47-51,53-55,57,61-62,70,83-86,88-90,92,94H,13,21-23,75H2,1-6H3,(H2,74,87)(H,76,99)(H,77,95)(H,78,98)(H,79,100)(H,80,96)(H,81,97)(H,101,102)/t25-,35-,36+,43+,45-,47+,48+,49+,50+,51-,53+,54+,55+,57-,61+,62+,70-,71-/m0/s1. The largest absolute Gasteiger partial charge is 0.508 e. The third kappa shape index (κ3) is 16.0. The van der Waals surface area contributed by atoms with Gasteiger partial charge in [0.1, 0.15) is 101 Å². The lowest BCUT2D eigenvalue weighted by Gasteiger charge is -2.47. The first-order valence-corrected chi connectivity index (χ1v) is 34.5. The van der Waals surface area contributed by atoms with Gasteiger partial charge in [0, 0.05) is 41.8 Å². The number of aliphatic hydroxyl groups excluding tert-OH is 6. The van der Waals surface area contributed by atoms with Crippen molar-refractivity contribution in [2.75, 3.05) is 25.7 Å². The van der Waals surface area contributed by atoms with E-state index in [9.17, 15) is 79.8 Å². The number of ether oxygens (including phenoxy) is 7. The molecule has 0 aromatic heterocycles. The highest BCUT2D eigenvalue weighted by Gasteiger charge is 2.52. The van der Waals surface area contributed by atoms with Gasteiger partial charge in [0.05, 0.1) is 42.4 Å². The Hall–Kier alpha value is -10.5. The number of carboxylic acid groups (broad SMARTS) is 1. The van der Waals surface area contributed by atoms with Crippen molar-refractivity contribution in [3.8, 4) is 62.9 Å². The number of aliphatic carboxylic acids is 1. The number of amides is 7. The summed E-state index contributed by atoms with van der Waals surface area (Å²) < 4.78 is 43.5. The van der Waals surface area contributed by atoms with Crippen molar-refractivity contribution in [2.24, 2.45) is 17.4 Å². The second kappa shape index (κ2) is 31.6. The van der Waals surface area contributed by atoms with Crippen LogP contribution in [0.25, 0.3) is 11.1 Å². The van der Waals surface area contributed by atoms with Gasteiger partial charge in [-0.05, 0) is 103 Å². The number of primary amides is 1. The van der Waals surface area contributed by atoms with E-state index in [0.29, 0.717) is 0 Å². The fourth-order valence-electron chi connectivity index (χ4n) is 13.6. The first kappa shape index (κ1) is 79.6. The number of nitrogens with two attached hydrogens (primary N) is 2. The topological polar surface area (TPSA) is 565 Å². The number of rotatable bonds is 15. The van der Waals surface area contributed by atoms with E-state index in [1.54, 1.807) is 13.8 Å². The highest BCUT2D eigenvalue weighted by atomic mass is 35.5. The zero-order chi connectivity index (χ0) is 79.4. The lowest BCUT2D eigenvalue weighted by molar-refractivity contribution is -0.333. The average molecular weight is 1560 g/mol. The number of halogens is 2. The molecule has 582 valence electrons. The molecule has 0 saturated carbocycles. The maximum atomic E-state index is 16.1. The second-order valence-electron chi connectivity index (χ2n) is 27.5. The summed E-state index contributed by atoms with van der Waals surface area (Å²) in [7, 11) is 2.41. The first-order chi connectivity index (χ1) is 51.4. The highest BCUT2D eigenvalue weighted by molar-refractivity contribution is 6.32. The van der Waals surface area contributed by atoms with E-state index in [4.69, 9.17) is 67.8 Å². The fourth-order valence-corrected chi connectivity index (χ4v) is 14.0. The first-order valence-electron chi connectivity index (χ1n) is 33.8. The Kier molecular flexibility index (Phi) is 23.1. The number of nitrogens with zero attached hydrogens (tertiary/aromatic N) is 1. The monoisotopic (exact) mass is 1560 g/mol. The fraction of sp³-hybridized carbons (Fsp3) is 0.408. The van der Waals surface area contributed by atoms with Crippen LogP contribution in [0.1, 0.15) is 105 Å². The summed E-state index contributed by atoms with van der Waals surface area (Å²) in [5.41, 5.74) is 5.41. The third-order valence-electron chi connectivity index (χ3n) is 19.3. The van der Waals surface area contributed by atoms with Crippen molar-refractivity contribution in [2.45, 2.75) is 156 Å². The minimum Gasteiger partial charge on any atom is -0.508 e. The molecule has 0 radical (unpaired) electrons. The van der Waals surface area contributed by atoms with Crippen molar-refractivity contribution >= 4 is 76.2 Å². The van der Waals surface area contributed by atoms with Crippen LogP contribution in [-0.2, 0) is 52.6 Å². The number of aliphatic hydroxyl groups is 6. The number of nitrogens with one attached hydrogen (secondary N) is 6. The SMILES string of the molecule is COc1c(N(C)[C@H](CC(C)C)C(=O)N[C@H]2C(=O)N[C@@H](CC(N)=O)C(=O)N[C@H]3C(=O)N[C@H]4C(=O)N[C@H](C(=O)N[C@@H](C(=O)O)c5cc(O)cc(O)c5-c5cc4ccc5O)[C@H](O)c4ccc(c(Cl)c4)Oc4cc3cc(c4O[C@@H]3O[C@H](CO)[C@@H](O)[C@H](O)[C@H]3O[C@H]3C[C@](C)(N)[C@H](O)[C@H](C)O3)Oc3ccc(cc3Cl)[C@H]2O)c(=O)c1=O. The van der Waals surface area contributed by atoms with E-state index in [1.165, 1.54) is 20.9 Å². The molecule has 20 N–H and O–H groups in total. The van der Waals surface area contributed by atoms with Crippen LogP contribution in [0.2, 0.25) is 10.0 Å². The van der Waals surface area contributed by atoms with E-state index >= 15 is 19.2 Å². The number of phenols is 3. The van der Waals surface area contributed by atoms with Gasteiger partial charge in [-0.2, -0.15) is 0 Å². The van der Waals surface area contributed by atoms with Gasteiger partial charge >= 0.3 is 5.97 Å². The van der Waals surface area contributed by atoms with E-state index in [1.807, 2.05) is 0 Å². The quantitative estimate of drug-likeness (QED) is 0.0583.